The van der Waals surface area contributed by atoms with Gasteiger partial charge >= 0.3 is 17.9 Å². The number of aliphatic carboxylic acids is 1. The third-order valence-corrected chi connectivity index (χ3v) is 6.65. The molecular formula is C32H42O8. The van der Waals surface area contributed by atoms with Crippen molar-refractivity contribution < 1.29 is 38.4 Å². The predicted octanol–water partition coefficient (Wildman–Crippen LogP) is 5.97. The highest BCUT2D eigenvalue weighted by Crippen LogP contribution is 2.40. The number of allylic oxidation sites excluding steroid dienone is 1. The second-order valence-electron chi connectivity index (χ2n) is 9.60. The largest absolute Gasteiger partial charge is 0.494 e. The van der Waals surface area contributed by atoms with Crippen LogP contribution < -0.4 is 0 Å². The number of unbranched alkanes of at least 4 members (excludes halogenated alkanes) is 6. The number of esters is 2. The molecule has 1 aliphatic rings. The molecule has 0 saturated heterocycles. The quantitative estimate of drug-likeness (QED) is 0.119. The molecule has 0 spiro atoms. The molecule has 0 aliphatic heterocycles. The van der Waals surface area contributed by atoms with Crippen molar-refractivity contribution in [2.24, 2.45) is 0 Å². The highest BCUT2D eigenvalue weighted by atomic mass is 16.5. The highest BCUT2D eigenvalue weighted by molar-refractivity contribution is 5.83. The predicted molar refractivity (Wildman–Crippen MR) is 153 cm³/mol. The number of carbonyl (C=O) groups is 3. The van der Waals surface area contributed by atoms with Gasteiger partial charge in [0.15, 0.2) is 5.60 Å². The van der Waals surface area contributed by atoms with E-state index in [0.29, 0.717) is 32.0 Å². The first-order chi connectivity index (χ1) is 19.3. The van der Waals surface area contributed by atoms with Crippen LogP contribution >= 0.6 is 0 Å². The second kappa shape index (κ2) is 17.8. The molecule has 0 amide bonds. The molecule has 40 heavy (non-hydrogen) atoms. The summed E-state index contributed by atoms with van der Waals surface area (Å²) in [5, 5.41) is 10.4. The van der Waals surface area contributed by atoms with Crippen LogP contribution in [0.15, 0.2) is 73.6 Å². The molecule has 0 fully saturated rings. The maximum Gasteiger partial charge on any atom is 0.341 e. The van der Waals surface area contributed by atoms with Gasteiger partial charge in [-0.2, -0.15) is 0 Å². The smallest absolute Gasteiger partial charge is 0.341 e. The number of rotatable bonds is 20. The summed E-state index contributed by atoms with van der Waals surface area (Å²) in [6, 6.07) is 7.71. The number of hydrogen-bond acceptors (Lipinski definition) is 7. The van der Waals surface area contributed by atoms with Crippen LogP contribution in [0.25, 0.3) is 0 Å². The van der Waals surface area contributed by atoms with Crippen molar-refractivity contribution in [2.45, 2.75) is 69.8 Å². The molecule has 1 aromatic carbocycles. The van der Waals surface area contributed by atoms with E-state index in [9.17, 15) is 19.5 Å². The summed E-state index contributed by atoms with van der Waals surface area (Å²) in [7, 11) is 0. The summed E-state index contributed by atoms with van der Waals surface area (Å²) >= 11 is 0. The molecule has 2 rings (SSSR count). The molecule has 0 bridgehead atoms. The van der Waals surface area contributed by atoms with E-state index < -0.39 is 29.4 Å². The Labute approximate surface area is 237 Å². The number of carboxylic acid groups (broad SMARTS) is 1. The Bertz CT molecular complexity index is 1060. The maximum atomic E-state index is 12.7. The number of ether oxygens (including phenoxy) is 4. The first-order valence-corrected chi connectivity index (χ1v) is 13.9. The fourth-order valence-electron chi connectivity index (χ4n) is 4.42. The van der Waals surface area contributed by atoms with Gasteiger partial charge in [-0.3, -0.25) is 0 Å². The van der Waals surface area contributed by atoms with Gasteiger partial charge in [-0.1, -0.05) is 43.8 Å². The van der Waals surface area contributed by atoms with Crippen LogP contribution in [-0.4, -0.2) is 55.0 Å². The lowest BCUT2D eigenvalue weighted by Crippen LogP contribution is -2.46. The first kappa shape index (κ1) is 32.6. The minimum Gasteiger partial charge on any atom is -0.494 e. The molecule has 8 nitrogen and oxygen atoms in total. The van der Waals surface area contributed by atoms with Gasteiger partial charge in [-0.05, 0) is 81.2 Å². The van der Waals surface area contributed by atoms with Crippen molar-refractivity contribution in [1.29, 1.82) is 0 Å². The van der Waals surface area contributed by atoms with E-state index >= 15 is 0 Å². The molecule has 0 heterocycles. The van der Waals surface area contributed by atoms with E-state index in [1.54, 1.807) is 12.2 Å². The number of benzene rings is 1. The van der Waals surface area contributed by atoms with Gasteiger partial charge in [0, 0.05) is 24.7 Å². The standard InChI is InChI=1S/C32H42O8/c1-4-29(33)38-21-13-7-6-12-20-37-26-18-19-32(31(35)36,28(24-26)27-17-11-10-16-25(27)3)40-23-15-9-8-14-22-39-30(34)5-2/h4-5,10-11,16-19,24,28H,1-2,6-9,12-15,20-23H2,3H3,(H,35,36). The molecule has 1 aliphatic carbocycles. The Morgan fingerprint density at radius 2 is 1.40 bits per heavy atom. The minimum absolute atomic E-state index is 0.275. The van der Waals surface area contributed by atoms with Gasteiger partial charge < -0.3 is 24.1 Å². The Morgan fingerprint density at radius 3 is 1.95 bits per heavy atom. The van der Waals surface area contributed by atoms with E-state index in [4.69, 9.17) is 18.9 Å². The minimum atomic E-state index is -1.55. The van der Waals surface area contributed by atoms with E-state index in [0.717, 1.165) is 68.2 Å². The topological polar surface area (TPSA) is 108 Å². The summed E-state index contributed by atoms with van der Waals surface area (Å²) in [4.78, 5) is 34.9. The van der Waals surface area contributed by atoms with Crippen molar-refractivity contribution in [1.82, 2.24) is 0 Å². The van der Waals surface area contributed by atoms with Gasteiger partial charge in [-0.15, -0.1) is 0 Å². The average molecular weight is 555 g/mol. The molecular weight excluding hydrogens is 512 g/mol. The summed E-state index contributed by atoms with van der Waals surface area (Å²) in [6.07, 6.45) is 13.9. The lowest BCUT2D eigenvalue weighted by atomic mass is 9.77. The lowest BCUT2D eigenvalue weighted by molar-refractivity contribution is -0.161. The van der Waals surface area contributed by atoms with E-state index in [1.165, 1.54) is 0 Å². The zero-order valence-corrected chi connectivity index (χ0v) is 23.5. The van der Waals surface area contributed by atoms with Crippen LogP contribution in [-0.2, 0) is 33.3 Å². The molecule has 1 aromatic rings. The van der Waals surface area contributed by atoms with Gasteiger partial charge in [0.1, 0.15) is 5.76 Å². The SMILES string of the molecule is C=CC(=O)OCCCCCCOC1=CC(c2ccccc2C)C(OCCCCCCOC(=O)C=C)(C(=O)O)C=C1. The Hall–Kier alpha value is -3.65. The molecule has 1 N–H and O–H groups in total. The number of carboxylic acids is 1. The molecule has 8 heteroatoms. The van der Waals surface area contributed by atoms with Crippen LogP contribution in [0.1, 0.15) is 68.4 Å². The molecule has 218 valence electrons. The fourth-order valence-corrected chi connectivity index (χ4v) is 4.42. The fraction of sp³-hybridized carbons (Fsp3) is 0.469. The van der Waals surface area contributed by atoms with Crippen LogP contribution in [0.2, 0.25) is 0 Å². The van der Waals surface area contributed by atoms with Crippen molar-refractivity contribution in [3.05, 3.63) is 84.7 Å². The first-order valence-electron chi connectivity index (χ1n) is 13.9. The summed E-state index contributed by atoms with van der Waals surface area (Å²) < 4.78 is 22.1. The van der Waals surface area contributed by atoms with Crippen molar-refractivity contribution >= 4 is 17.9 Å². The monoisotopic (exact) mass is 554 g/mol. The van der Waals surface area contributed by atoms with Crippen molar-refractivity contribution in [2.75, 3.05) is 26.4 Å². The van der Waals surface area contributed by atoms with Crippen molar-refractivity contribution in [3.8, 4) is 0 Å². The number of carbonyl (C=O) groups excluding carboxylic acids is 2. The second-order valence-corrected chi connectivity index (χ2v) is 9.60. The van der Waals surface area contributed by atoms with Gasteiger partial charge in [-0.25, -0.2) is 14.4 Å². The molecule has 0 aromatic heterocycles. The molecule has 2 atom stereocenters. The Morgan fingerprint density at radius 1 is 0.850 bits per heavy atom. The van der Waals surface area contributed by atoms with Gasteiger partial charge in [0.2, 0.25) is 0 Å². The third-order valence-electron chi connectivity index (χ3n) is 6.65. The summed E-state index contributed by atoms with van der Waals surface area (Å²) in [6.45, 7) is 10.2. The lowest BCUT2D eigenvalue weighted by Gasteiger charge is -2.36. The summed E-state index contributed by atoms with van der Waals surface area (Å²) in [5.41, 5.74) is 0.286. The zero-order valence-electron chi connectivity index (χ0n) is 23.5. The van der Waals surface area contributed by atoms with Crippen molar-refractivity contribution in [3.63, 3.8) is 0 Å². The Kier molecular flexibility index (Phi) is 14.5. The number of hydrogen-bond donors (Lipinski definition) is 1. The molecule has 0 saturated carbocycles. The van der Waals surface area contributed by atoms with Gasteiger partial charge in [0.25, 0.3) is 0 Å². The third kappa shape index (κ3) is 10.5. The van der Waals surface area contributed by atoms with Crippen LogP contribution in [0.3, 0.4) is 0 Å². The normalized spacial score (nSPS) is 17.9. The van der Waals surface area contributed by atoms with Crippen LogP contribution in [0.4, 0.5) is 0 Å². The van der Waals surface area contributed by atoms with Crippen LogP contribution in [0.5, 0.6) is 0 Å². The van der Waals surface area contributed by atoms with E-state index in [-0.39, 0.29) is 6.61 Å². The van der Waals surface area contributed by atoms with Gasteiger partial charge in [0.05, 0.1) is 19.8 Å². The Balaban J connectivity index is 1.95. The zero-order chi connectivity index (χ0) is 29.2. The average Bonchev–Trinajstić information content (AvgIpc) is 2.96. The summed E-state index contributed by atoms with van der Waals surface area (Å²) in [5.74, 6) is -1.85. The van der Waals surface area contributed by atoms with E-state index in [2.05, 4.69) is 13.2 Å². The molecule has 2 unspecified atom stereocenters. The highest BCUT2D eigenvalue weighted by Gasteiger charge is 2.47. The van der Waals surface area contributed by atoms with E-state index in [1.807, 2.05) is 37.3 Å². The number of aryl methyl sites for hydroxylation is 1. The maximum absolute atomic E-state index is 12.7. The molecule has 0 radical (unpaired) electrons. The van der Waals surface area contributed by atoms with Crippen LogP contribution in [0, 0.1) is 6.92 Å².